The second kappa shape index (κ2) is 6.20. The Morgan fingerprint density at radius 1 is 1.43 bits per heavy atom. The van der Waals surface area contributed by atoms with Gasteiger partial charge in [-0.3, -0.25) is 0 Å². The molecule has 0 aliphatic heterocycles. The van der Waals surface area contributed by atoms with Crippen molar-refractivity contribution in [2.45, 2.75) is 58.1 Å². The van der Waals surface area contributed by atoms with Crippen molar-refractivity contribution in [3.05, 3.63) is 11.6 Å². The summed E-state index contributed by atoms with van der Waals surface area (Å²) in [6.45, 7) is 4.86. The van der Waals surface area contributed by atoms with Crippen molar-refractivity contribution in [2.75, 3.05) is 6.54 Å². The van der Waals surface area contributed by atoms with Crippen molar-refractivity contribution in [2.24, 2.45) is 0 Å². The zero-order valence-corrected chi connectivity index (χ0v) is 9.42. The third-order valence-corrected chi connectivity index (χ3v) is 3.02. The van der Waals surface area contributed by atoms with Crippen LogP contribution in [0.4, 0.5) is 0 Å². The van der Waals surface area contributed by atoms with Crippen molar-refractivity contribution < 1.29 is 5.11 Å². The molecular formula is C12H23NO. The van der Waals surface area contributed by atoms with Gasteiger partial charge in [-0.15, -0.1) is 0 Å². The summed E-state index contributed by atoms with van der Waals surface area (Å²) in [5.74, 6) is 0. The lowest BCUT2D eigenvalue weighted by molar-refractivity contribution is 0.153. The topological polar surface area (TPSA) is 32.3 Å². The van der Waals surface area contributed by atoms with Gasteiger partial charge in [0.25, 0.3) is 0 Å². The Kier molecular flexibility index (Phi) is 5.20. The summed E-state index contributed by atoms with van der Waals surface area (Å²) in [7, 11) is 0. The third kappa shape index (κ3) is 4.25. The van der Waals surface area contributed by atoms with Crippen LogP contribution in [0, 0.1) is 0 Å². The van der Waals surface area contributed by atoms with E-state index in [1.807, 2.05) is 13.8 Å². The summed E-state index contributed by atoms with van der Waals surface area (Å²) in [6.07, 6.45) is 8.55. The summed E-state index contributed by atoms with van der Waals surface area (Å²) < 4.78 is 0. The Bertz CT molecular complexity index is 187. The van der Waals surface area contributed by atoms with Gasteiger partial charge in [-0.05, 0) is 52.5 Å². The maximum absolute atomic E-state index is 9.28. The molecule has 0 amide bonds. The molecule has 1 aliphatic rings. The van der Waals surface area contributed by atoms with Crippen LogP contribution in [0.15, 0.2) is 11.6 Å². The molecule has 0 aromatic heterocycles. The lowest BCUT2D eigenvalue weighted by Gasteiger charge is -2.18. The van der Waals surface area contributed by atoms with Gasteiger partial charge < -0.3 is 10.4 Å². The first-order chi connectivity index (χ1) is 6.70. The molecule has 82 valence electrons. The normalized spacial score (nSPS) is 21.5. The van der Waals surface area contributed by atoms with Crippen LogP contribution in [0.25, 0.3) is 0 Å². The minimum Gasteiger partial charge on any atom is -0.392 e. The number of aliphatic hydroxyl groups is 1. The Morgan fingerprint density at radius 2 is 2.21 bits per heavy atom. The molecule has 0 heterocycles. The molecule has 1 aliphatic carbocycles. The van der Waals surface area contributed by atoms with E-state index in [0.717, 1.165) is 13.0 Å². The summed E-state index contributed by atoms with van der Waals surface area (Å²) in [6, 6.07) is 0.208. The van der Waals surface area contributed by atoms with E-state index in [9.17, 15) is 5.11 Å². The van der Waals surface area contributed by atoms with Crippen molar-refractivity contribution in [3.8, 4) is 0 Å². The lowest BCUT2D eigenvalue weighted by atomic mass is 9.97. The number of rotatable bonds is 5. The smallest absolute Gasteiger partial charge is 0.0662 e. The quantitative estimate of drug-likeness (QED) is 0.662. The van der Waals surface area contributed by atoms with Crippen molar-refractivity contribution in [1.82, 2.24) is 5.32 Å². The SMILES string of the molecule is CC(O)C(C)NCCC1=CCCCC1. The summed E-state index contributed by atoms with van der Waals surface area (Å²) >= 11 is 0. The number of aliphatic hydroxyl groups excluding tert-OH is 1. The molecule has 2 unspecified atom stereocenters. The predicted octanol–water partition coefficient (Wildman–Crippen LogP) is 2.24. The molecule has 0 aromatic rings. The molecule has 0 radical (unpaired) electrons. The van der Waals surface area contributed by atoms with Gasteiger partial charge in [-0.1, -0.05) is 11.6 Å². The number of allylic oxidation sites excluding steroid dienone is 1. The molecule has 2 nitrogen and oxygen atoms in total. The van der Waals surface area contributed by atoms with E-state index in [2.05, 4.69) is 11.4 Å². The fourth-order valence-corrected chi connectivity index (χ4v) is 1.76. The molecule has 0 saturated carbocycles. The molecule has 2 N–H and O–H groups in total. The monoisotopic (exact) mass is 197 g/mol. The third-order valence-electron chi connectivity index (χ3n) is 3.02. The lowest BCUT2D eigenvalue weighted by Crippen LogP contribution is -2.36. The first kappa shape index (κ1) is 11.7. The van der Waals surface area contributed by atoms with Crippen LogP contribution in [0.3, 0.4) is 0 Å². The maximum atomic E-state index is 9.28. The largest absolute Gasteiger partial charge is 0.392 e. The average Bonchev–Trinajstić information content (AvgIpc) is 2.19. The van der Waals surface area contributed by atoms with Crippen LogP contribution in [0.1, 0.15) is 46.0 Å². The molecule has 0 spiro atoms. The zero-order valence-electron chi connectivity index (χ0n) is 9.42. The van der Waals surface area contributed by atoms with Crippen LogP contribution >= 0.6 is 0 Å². The second-order valence-electron chi connectivity index (χ2n) is 4.34. The first-order valence-electron chi connectivity index (χ1n) is 5.79. The molecule has 0 fully saturated rings. The highest BCUT2D eigenvalue weighted by Gasteiger charge is 2.08. The molecule has 14 heavy (non-hydrogen) atoms. The van der Waals surface area contributed by atoms with Crippen LogP contribution < -0.4 is 5.32 Å². The summed E-state index contributed by atoms with van der Waals surface area (Å²) in [4.78, 5) is 0. The molecule has 0 aromatic carbocycles. The van der Waals surface area contributed by atoms with E-state index in [1.54, 1.807) is 5.57 Å². The number of hydrogen-bond donors (Lipinski definition) is 2. The van der Waals surface area contributed by atoms with Crippen molar-refractivity contribution >= 4 is 0 Å². The van der Waals surface area contributed by atoms with Gasteiger partial charge >= 0.3 is 0 Å². The van der Waals surface area contributed by atoms with Crippen molar-refractivity contribution in [3.63, 3.8) is 0 Å². The van der Waals surface area contributed by atoms with E-state index in [1.165, 1.54) is 25.7 Å². The van der Waals surface area contributed by atoms with Gasteiger partial charge in [0.1, 0.15) is 0 Å². The zero-order chi connectivity index (χ0) is 10.4. The van der Waals surface area contributed by atoms with Gasteiger partial charge in [-0.25, -0.2) is 0 Å². The van der Waals surface area contributed by atoms with Gasteiger partial charge in [0.15, 0.2) is 0 Å². The minimum absolute atomic E-state index is 0.208. The average molecular weight is 197 g/mol. The molecule has 2 heteroatoms. The van der Waals surface area contributed by atoms with Gasteiger partial charge in [0, 0.05) is 6.04 Å². The Hall–Kier alpha value is -0.340. The van der Waals surface area contributed by atoms with Crippen LogP contribution in [-0.2, 0) is 0 Å². The van der Waals surface area contributed by atoms with E-state index < -0.39 is 0 Å². The summed E-state index contributed by atoms with van der Waals surface area (Å²) in [5, 5.41) is 12.6. The molecule has 0 saturated heterocycles. The summed E-state index contributed by atoms with van der Waals surface area (Å²) in [5.41, 5.74) is 1.60. The Labute approximate surface area is 87.4 Å². The van der Waals surface area contributed by atoms with Gasteiger partial charge in [0.2, 0.25) is 0 Å². The highest BCUT2D eigenvalue weighted by molar-refractivity contribution is 5.05. The van der Waals surface area contributed by atoms with E-state index in [-0.39, 0.29) is 12.1 Å². The Balaban J connectivity index is 2.11. The standard InChI is InChI=1S/C12H23NO/c1-10(11(2)14)13-9-8-12-6-4-3-5-7-12/h6,10-11,13-14H,3-5,7-9H2,1-2H3. The molecule has 2 atom stereocenters. The fraction of sp³-hybridized carbons (Fsp3) is 0.833. The van der Waals surface area contributed by atoms with E-state index >= 15 is 0 Å². The van der Waals surface area contributed by atoms with E-state index in [0.29, 0.717) is 0 Å². The van der Waals surface area contributed by atoms with Crippen LogP contribution in [0.5, 0.6) is 0 Å². The molecular weight excluding hydrogens is 174 g/mol. The maximum Gasteiger partial charge on any atom is 0.0662 e. The second-order valence-corrected chi connectivity index (χ2v) is 4.34. The van der Waals surface area contributed by atoms with Crippen LogP contribution in [0.2, 0.25) is 0 Å². The highest BCUT2D eigenvalue weighted by Crippen LogP contribution is 2.19. The van der Waals surface area contributed by atoms with Gasteiger partial charge in [-0.2, -0.15) is 0 Å². The number of hydrogen-bond acceptors (Lipinski definition) is 2. The van der Waals surface area contributed by atoms with Crippen LogP contribution in [-0.4, -0.2) is 23.8 Å². The number of nitrogens with one attached hydrogen (secondary N) is 1. The predicted molar refractivity (Wildman–Crippen MR) is 60.3 cm³/mol. The highest BCUT2D eigenvalue weighted by atomic mass is 16.3. The molecule has 1 rings (SSSR count). The van der Waals surface area contributed by atoms with Gasteiger partial charge in [0.05, 0.1) is 6.10 Å². The Morgan fingerprint density at radius 3 is 2.79 bits per heavy atom. The molecule has 0 bridgehead atoms. The van der Waals surface area contributed by atoms with Crippen molar-refractivity contribution in [1.29, 1.82) is 0 Å². The van der Waals surface area contributed by atoms with E-state index in [4.69, 9.17) is 0 Å². The fourth-order valence-electron chi connectivity index (χ4n) is 1.76. The minimum atomic E-state index is -0.254. The first-order valence-corrected chi connectivity index (χ1v) is 5.79.